The van der Waals surface area contributed by atoms with Crippen LogP contribution in [0.1, 0.15) is 76.6 Å². The highest BCUT2D eigenvalue weighted by molar-refractivity contribution is 7.18. The first kappa shape index (κ1) is 24.4. The number of urea groups is 1. The minimum absolute atomic E-state index is 0.0513. The highest BCUT2D eigenvalue weighted by atomic mass is 32.1. The van der Waals surface area contributed by atoms with Gasteiger partial charge in [0, 0.05) is 13.1 Å². The zero-order valence-electron chi connectivity index (χ0n) is 18.1. The first-order chi connectivity index (χ1) is 14.9. The van der Waals surface area contributed by atoms with Crippen molar-refractivity contribution in [2.24, 2.45) is 0 Å². The molecular formula is C23H31N3O4S. The zero-order chi connectivity index (χ0) is 22.6. The number of nitrogens with one attached hydrogen (secondary N) is 3. The van der Waals surface area contributed by atoms with Crippen LogP contribution in [-0.2, 0) is 6.54 Å². The Kier molecular flexibility index (Phi) is 10.0. The predicted molar refractivity (Wildman–Crippen MR) is 124 cm³/mol. The predicted octanol–water partition coefficient (Wildman–Crippen LogP) is 5.17. The van der Waals surface area contributed by atoms with Gasteiger partial charge in [-0.2, -0.15) is 0 Å². The molecule has 0 atom stereocenters. The summed E-state index contributed by atoms with van der Waals surface area (Å²) in [6.07, 6.45) is 6.69. The summed E-state index contributed by atoms with van der Waals surface area (Å²) in [7, 11) is 0. The molecule has 31 heavy (non-hydrogen) atoms. The second-order valence-electron chi connectivity index (χ2n) is 7.38. The van der Waals surface area contributed by atoms with Crippen LogP contribution < -0.4 is 16.0 Å². The summed E-state index contributed by atoms with van der Waals surface area (Å²) < 4.78 is 0. The van der Waals surface area contributed by atoms with Gasteiger partial charge < -0.3 is 15.7 Å². The van der Waals surface area contributed by atoms with Crippen LogP contribution in [0.3, 0.4) is 0 Å². The summed E-state index contributed by atoms with van der Waals surface area (Å²) in [5.41, 5.74) is 1.23. The molecule has 2 rings (SSSR count). The molecule has 0 aliphatic heterocycles. The summed E-state index contributed by atoms with van der Waals surface area (Å²) in [5.74, 6) is -1.54. The fourth-order valence-corrected chi connectivity index (χ4v) is 4.30. The van der Waals surface area contributed by atoms with Crippen molar-refractivity contribution in [2.75, 3.05) is 11.9 Å². The monoisotopic (exact) mass is 445 g/mol. The quantitative estimate of drug-likeness (QED) is 0.338. The van der Waals surface area contributed by atoms with Gasteiger partial charge in [0.15, 0.2) is 0 Å². The van der Waals surface area contributed by atoms with E-state index in [4.69, 9.17) is 0 Å². The van der Waals surface area contributed by atoms with E-state index in [1.807, 2.05) is 30.3 Å². The third kappa shape index (κ3) is 7.71. The molecule has 2 aromatic rings. The first-order valence-corrected chi connectivity index (χ1v) is 11.5. The van der Waals surface area contributed by atoms with E-state index < -0.39 is 12.0 Å². The molecule has 8 heteroatoms. The Morgan fingerprint density at radius 1 is 0.968 bits per heavy atom. The van der Waals surface area contributed by atoms with Crippen LogP contribution in [0.5, 0.6) is 0 Å². The number of aromatic carboxylic acids is 1. The van der Waals surface area contributed by atoms with Crippen molar-refractivity contribution in [3.63, 3.8) is 0 Å². The number of hydrogen-bond acceptors (Lipinski definition) is 4. The summed E-state index contributed by atoms with van der Waals surface area (Å²) in [4.78, 5) is 36.8. The van der Waals surface area contributed by atoms with Crippen LogP contribution in [0.25, 0.3) is 0 Å². The van der Waals surface area contributed by atoms with Gasteiger partial charge in [-0.05, 0) is 24.5 Å². The molecule has 4 N–H and O–H groups in total. The molecule has 1 aromatic heterocycles. The molecule has 3 amide bonds. The summed E-state index contributed by atoms with van der Waals surface area (Å²) in [6, 6.07) is 8.98. The fraction of sp³-hybridized carbons (Fsp3) is 0.435. The number of rotatable bonds is 12. The maximum absolute atomic E-state index is 12.6. The number of carbonyl (C=O) groups is 3. The van der Waals surface area contributed by atoms with E-state index in [2.05, 4.69) is 22.9 Å². The van der Waals surface area contributed by atoms with Crippen molar-refractivity contribution in [1.29, 1.82) is 0 Å². The largest absolute Gasteiger partial charge is 0.478 e. The molecule has 1 heterocycles. The third-order valence-electron chi connectivity index (χ3n) is 4.91. The topological polar surface area (TPSA) is 108 Å². The molecular weight excluding hydrogens is 414 g/mol. The number of amides is 3. The lowest BCUT2D eigenvalue weighted by molar-refractivity contribution is 0.0697. The van der Waals surface area contributed by atoms with E-state index in [-0.39, 0.29) is 21.3 Å². The van der Waals surface area contributed by atoms with Gasteiger partial charge in [-0.1, -0.05) is 69.4 Å². The van der Waals surface area contributed by atoms with Gasteiger partial charge in [-0.15, -0.1) is 11.3 Å². The molecule has 0 saturated heterocycles. The maximum atomic E-state index is 12.6. The average Bonchev–Trinajstić information content (AvgIpc) is 3.08. The lowest BCUT2D eigenvalue weighted by Gasteiger charge is -2.07. The SMILES string of the molecule is CCCCCCCCNC(=O)Nc1sc(C(=O)NCc2ccccc2)c(C)c1C(=O)O. The number of carboxylic acid groups (broad SMARTS) is 1. The van der Waals surface area contributed by atoms with Crippen molar-refractivity contribution in [3.05, 3.63) is 51.9 Å². The van der Waals surface area contributed by atoms with Crippen LogP contribution in [0.4, 0.5) is 9.80 Å². The smallest absolute Gasteiger partial charge is 0.339 e. The Hall–Kier alpha value is -2.87. The highest BCUT2D eigenvalue weighted by Crippen LogP contribution is 2.33. The van der Waals surface area contributed by atoms with Crippen molar-refractivity contribution in [1.82, 2.24) is 10.6 Å². The number of hydrogen-bond donors (Lipinski definition) is 4. The second-order valence-corrected chi connectivity index (χ2v) is 8.40. The molecule has 7 nitrogen and oxygen atoms in total. The van der Waals surface area contributed by atoms with Crippen LogP contribution in [-0.4, -0.2) is 29.6 Å². The van der Waals surface area contributed by atoms with Gasteiger partial charge in [-0.25, -0.2) is 9.59 Å². The van der Waals surface area contributed by atoms with E-state index in [0.717, 1.165) is 36.2 Å². The van der Waals surface area contributed by atoms with Gasteiger partial charge in [0.2, 0.25) is 0 Å². The first-order valence-electron chi connectivity index (χ1n) is 10.7. The van der Waals surface area contributed by atoms with E-state index in [1.54, 1.807) is 6.92 Å². The lowest BCUT2D eigenvalue weighted by atomic mass is 10.1. The van der Waals surface area contributed by atoms with Crippen LogP contribution in [0.15, 0.2) is 30.3 Å². The summed E-state index contributed by atoms with van der Waals surface area (Å²) in [5, 5.41) is 17.9. The number of thiophene rings is 1. The molecule has 0 bridgehead atoms. The van der Waals surface area contributed by atoms with Crippen molar-refractivity contribution >= 4 is 34.2 Å². The number of carbonyl (C=O) groups excluding carboxylic acids is 2. The molecule has 0 radical (unpaired) electrons. The van der Waals surface area contributed by atoms with Gasteiger partial charge in [0.05, 0.1) is 10.4 Å². The second kappa shape index (κ2) is 12.7. The fourth-order valence-electron chi connectivity index (χ4n) is 3.19. The van der Waals surface area contributed by atoms with Crippen molar-refractivity contribution in [2.45, 2.75) is 58.9 Å². The number of carboxylic acids is 1. The van der Waals surface area contributed by atoms with E-state index in [1.165, 1.54) is 19.3 Å². The highest BCUT2D eigenvalue weighted by Gasteiger charge is 2.25. The number of benzene rings is 1. The molecule has 0 saturated carbocycles. The minimum Gasteiger partial charge on any atom is -0.478 e. The normalized spacial score (nSPS) is 10.5. The molecule has 0 spiro atoms. The molecule has 1 aromatic carbocycles. The van der Waals surface area contributed by atoms with Crippen molar-refractivity contribution < 1.29 is 19.5 Å². The van der Waals surface area contributed by atoms with Crippen molar-refractivity contribution in [3.8, 4) is 0 Å². The molecule has 168 valence electrons. The number of anilines is 1. The Bertz CT molecular complexity index is 880. The molecule has 0 aliphatic carbocycles. The molecule has 0 unspecified atom stereocenters. The minimum atomic E-state index is -1.18. The van der Waals surface area contributed by atoms with Gasteiger partial charge >= 0.3 is 12.0 Å². The Morgan fingerprint density at radius 2 is 1.65 bits per heavy atom. The third-order valence-corrected chi connectivity index (χ3v) is 6.11. The Morgan fingerprint density at radius 3 is 2.32 bits per heavy atom. The van der Waals surface area contributed by atoms with Gasteiger partial charge in [0.1, 0.15) is 5.00 Å². The van der Waals surface area contributed by atoms with E-state index in [0.29, 0.717) is 18.7 Å². The standard InChI is InChI=1S/C23H31N3O4S/c1-3-4-5-6-7-11-14-24-23(30)26-21-18(22(28)29)16(2)19(31-21)20(27)25-15-17-12-9-8-10-13-17/h8-10,12-13H,3-7,11,14-15H2,1-2H3,(H,25,27)(H,28,29)(H2,24,26,30). The van der Waals surface area contributed by atoms with Crippen LogP contribution in [0.2, 0.25) is 0 Å². The van der Waals surface area contributed by atoms with Gasteiger partial charge in [-0.3, -0.25) is 10.1 Å². The van der Waals surface area contributed by atoms with Crippen LogP contribution in [0, 0.1) is 6.92 Å². The zero-order valence-corrected chi connectivity index (χ0v) is 18.9. The Balaban J connectivity index is 1.94. The Labute approximate surface area is 187 Å². The average molecular weight is 446 g/mol. The van der Waals surface area contributed by atoms with Crippen LogP contribution >= 0.6 is 11.3 Å². The molecule has 0 aliphatic rings. The van der Waals surface area contributed by atoms with E-state index in [9.17, 15) is 19.5 Å². The maximum Gasteiger partial charge on any atom is 0.339 e. The van der Waals surface area contributed by atoms with E-state index >= 15 is 0 Å². The summed E-state index contributed by atoms with van der Waals surface area (Å²) in [6.45, 7) is 4.61. The molecule has 0 fully saturated rings. The lowest BCUT2D eigenvalue weighted by Crippen LogP contribution is -2.29. The number of unbranched alkanes of at least 4 members (excludes halogenated alkanes) is 5. The summed E-state index contributed by atoms with van der Waals surface area (Å²) >= 11 is 0.974. The van der Waals surface area contributed by atoms with Gasteiger partial charge in [0.25, 0.3) is 5.91 Å².